The Kier molecular flexibility index (Phi) is 5.91. The van der Waals surface area contributed by atoms with Gasteiger partial charge in [-0.25, -0.2) is 4.79 Å². The van der Waals surface area contributed by atoms with Crippen molar-refractivity contribution < 1.29 is 24.0 Å². The van der Waals surface area contributed by atoms with Crippen LogP contribution in [0.1, 0.15) is 26.3 Å². The van der Waals surface area contributed by atoms with E-state index in [4.69, 9.17) is 16.0 Å². The van der Waals surface area contributed by atoms with Gasteiger partial charge in [0.1, 0.15) is 6.10 Å². The zero-order valence-corrected chi connectivity index (χ0v) is 17.6. The first-order valence-electron chi connectivity index (χ1n) is 9.65. The van der Waals surface area contributed by atoms with Crippen LogP contribution in [0.15, 0.2) is 75.9 Å². The number of non-ortho nitro benzene ring substituents is 1. The van der Waals surface area contributed by atoms with E-state index in [1.54, 1.807) is 24.3 Å². The number of ketones is 2. The molecule has 1 N–H and O–H groups in total. The number of aliphatic hydroxyl groups excluding tert-OH is 1. The number of nitro groups is 1. The van der Waals surface area contributed by atoms with Crippen molar-refractivity contribution >= 4 is 40.0 Å². The van der Waals surface area contributed by atoms with Crippen molar-refractivity contribution in [1.82, 2.24) is 4.57 Å². The molecule has 1 unspecified atom stereocenters. The Morgan fingerprint density at radius 1 is 1.00 bits per heavy atom. The van der Waals surface area contributed by atoms with E-state index >= 15 is 0 Å². The molecule has 9 nitrogen and oxygen atoms in total. The number of hydrogen-bond donors (Lipinski definition) is 1. The van der Waals surface area contributed by atoms with Crippen LogP contribution in [0.4, 0.5) is 5.69 Å². The number of benzene rings is 3. The maximum absolute atomic E-state index is 12.7. The summed E-state index contributed by atoms with van der Waals surface area (Å²) in [6.07, 6.45) is -1.60. The highest BCUT2D eigenvalue weighted by Crippen LogP contribution is 2.20. The van der Waals surface area contributed by atoms with Gasteiger partial charge in [0.05, 0.1) is 17.0 Å². The molecule has 0 radical (unpaired) electrons. The molecule has 3 aromatic carbocycles. The highest BCUT2D eigenvalue weighted by molar-refractivity contribution is 6.30. The van der Waals surface area contributed by atoms with Gasteiger partial charge in [-0.05, 0) is 54.6 Å². The molecule has 0 aliphatic carbocycles. The number of carbonyl (C=O) groups is 2. The van der Waals surface area contributed by atoms with E-state index in [-0.39, 0.29) is 28.2 Å². The summed E-state index contributed by atoms with van der Waals surface area (Å²) < 4.78 is 6.29. The summed E-state index contributed by atoms with van der Waals surface area (Å²) in [5.74, 6) is -1.81. The monoisotopic (exact) mass is 466 g/mol. The van der Waals surface area contributed by atoms with Crippen LogP contribution in [-0.2, 0) is 6.54 Å². The smallest absolute Gasteiger partial charge is 0.408 e. The van der Waals surface area contributed by atoms with Crippen LogP contribution >= 0.6 is 11.6 Å². The third kappa shape index (κ3) is 4.45. The van der Waals surface area contributed by atoms with Crippen molar-refractivity contribution in [2.75, 3.05) is 0 Å². The normalized spacial score (nSPS) is 11.9. The zero-order chi connectivity index (χ0) is 23.7. The molecule has 4 aromatic rings. The maximum atomic E-state index is 12.7. The van der Waals surface area contributed by atoms with Gasteiger partial charge in [0.25, 0.3) is 5.69 Å². The van der Waals surface area contributed by atoms with E-state index in [0.717, 1.165) is 16.7 Å². The van der Waals surface area contributed by atoms with E-state index in [1.165, 1.54) is 30.3 Å². The molecule has 1 heterocycles. The summed E-state index contributed by atoms with van der Waals surface area (Å²) in [5.41, 5.74) is 0.975. The van der Waals surface area contributed by atoms with Crippen molar-refractivity contribution in [2.45, 2.75) is 12.6 Å². The Bertz CT molecular complexity index is 1440. The molecule has 0 saturated carbocycles. The van der Waals surface area contributed by atoms with Crippen LogP contribution in [0, 0.1) is 10.1 Å². The number of aliphatic hydroxyl groups is 1. The maximum Gasteiger partial charge on any atom is 0.420 e. The average molecular weight is 467 g/mol. The molecule has 166 valence electrons. The lowest BCUT2D eigenvalue weighted by molar-refractivity contribution is -0.384. The number of oxazole rings is 1. The predicted octanol–water partition coefficient (Wildman–Crippen LogP) is 3.63. The molecule has 0 bridgehead atoms. The van der Waals surface area contributed by atoms with Crippen LogP contribution in [0.25, 0.3) is 11.1 Å². The van der Waals surface area contributed by atoms with Crippen LogP contribution < -0.4 is 5.76 Å². The van der Waals surface area contributed by atoms with Gasteiger partial charge in [-0.15, -0.1) is 0 Å². The van der Waals surface area contributed by atoms with Gasteiger partial charge in [0.15, 0.2) is 17.1 Å². The Labute approximate surface area is 190 Å². The van der Waals surface area contributed by atoms with Gasteiger partial charge in [-0.2, -0.15) is 0 Å². The number of nitro benzene ring substituents is 1. The van der Waals surface area contributed by atoms with E-state index in [2.05, 4.69) is 0 Å². The lowest BCUT2D eigenvalue weighted by atomic mass is 10.0. The minimum absolute atomic E-state index is 0.0600. The van der Waals surface area contributed by atoms with E-state index in [9.17, 15) is 29.6 Å². The first-order valence-corrected chi connectivity index (χ1v) is 10.0. The topological polar surface area (TPSA) is 133 Å². The Morgan fingerprint density at radius 3 is 2.24 bits per heavy atom. The van der Waals surface area contributed by atoms with Crippen molar-refractivity contribution in [3.63, 3.8) is 0 Å². The first kappa shape index (κ1) is 22.1. The number of aromatic nitrogens is 1. The molecule has 10 heteroatoms. The molecule has 4 rings (SSSR count). The predicted molar refractivity (Wildman–Crippen MR) is 119 cm³/mol. The Hall–Kier alpha value is -4.08. The van der Waals surface area contributed by atoms with Gasteiger partial charge in [-0.3, -0.25) is 24.3 Å². The molecule has 0 fully saturated rings. The second-order valence-electron chi connectivity index (χ2n) is 7.18. The summed E-state index contributed by atoms with van der Waals surface area (Å²) in [5, 5.41) is 21.6. The third-order valence-corrected chi connectivity index (χ3v) is 5.31. The third-order valence-electron chi connectivity index (χ3n) is 5.06. The number of nitrogens with zero attached hydrogens (tertiary/aromatic N) is 2. The largest absolute Gasteiger partial charge is 0.420 e. The van der Waals surface area contributed by atoms with Gasteiger partial charge in [0, 0.05) is 33.8 Å². The molecule has 0 amide bonds. The minimum Gasteiger partial charge on any atom is -0.408 e. The number of rotatable bonds is 7. The second-order valence-corrected chi connectivity index (χ2v) is 7.62. The Morgan fingerprint density at radius 2 is 1.61 bits per heavy atom. The quantitative estimate of drug-likeness (QED) is 0.250. The van der Waals surface area contributed by atoms with Crippen LogP contribution in [0.3, 0.4) is 0 Å². The lowest BCUT2D eigenvalue weighted by Crippen LogP contribution is -2.30. The summed E-state index contributed by atoms with van der Waals surface area (Å²) in [4.78, 5) is 47.7. The first-order chi connectivity index (χ1) is 15.7. The number of carbonyl (C=O) groups excluding carboxylic acids is 2. The highest BCUT2D eigenvalue weighted by Gasteiger charge is 2.22. The molecule has 0 spiro atoms. The molecule has 0 aliphatic heterocycles. The molecule has 0 saturated heterocycles. The number of Topliss-reactive ketones (excluding diaryl/α,β-unsaturated/α-hetero) is 1. The SMILES string of the molecule is O=C(c1ccc(Cl)cc1)c1ccc2c(c1)oc(=O)n2CC(O)C(=O)c1ccc([N+](=O)[O-])cc1. The standard InChI is InChI=1S/C23H15ClN2O7/c24-16-6-1-13(2-7-16)21(28)15-5-10-18-20(11-15)33-23(30)25(18)12-19(27)22(29)14-3-8-17(9-4-14)26(31)32/h1-11,19,27H,12H2. The summed E-state index contributed by atoms with van der Waals surface area (Å²) in [6, 6.07) is 15.5. The molecular weight excluding hydrogens is 452 g/mol. The van der Waals surface area contributed by atoms with Gasteiger partial charge in [-0.1, -0.05) is 11.6 Å². The molecule has 1 aromatic heterocycles. The van der Waals surface area contributed by atoms with E-state index in [0.29, 0.717) is 16.1 Å². The number of hydrogen-bond acceptors (Lipinski definition) is 7. The van der Waals surface area contributed by atoms with Crippen molar-refractivity contribution in [3.05, 3.63) is 109 Å². The van der Waals surface area contributed by atoms with Crippen molar-refractivity contribution in [3.8, 4) is 0 Å². The summed E-state index contributed by atoms with van der Waals surface area (Å²) >= 11 is 5.85. The number of fused-ring (bicyclic) bond motifs is 1. The lowest BCUT2D eigenvalue weighted by Gasteiger charge is -2.10. The fourth-order valence-corrected chi connectivity index (χ4v) is 3.47. The summed E-state index contributed by atoms with van der Waals surface area (Å²) in [7, 11) is 0. The fraction of sp³-hybridized carbons (Fsp3) is 0.0870. The van der Waals surface area contributed by atoms with Gasteiger partial charge < -0.3 is 9.52 Å². The second kappa shape index (κ2) is 8.81. The number of halogens is 1. The molecular formula is C23H15ClN2O7. The molecule has 0 aliphatic rings. The molecule has 33 heavy (non-hydrogen) atoms. The zero-order valence-electron chi connectivity index (χ0n) is 16.8. The van der Waals surface area contributed by atoms with Crippen LogP contribution in [0.2, 0.25) is 5.02 Å². The minimum atomic E-state index is -1.60. The summed E-state index contributed by atoms with van der Waals surface area (Å²) in [6.45, 7) is -0.397. The van der Waals surface area contributed by atoms with Gasteiger partial charge >= 0.3 is 5.76 Å². The fourth-order valence-electron chi connectivity index (χ4n) is 3.34. The van der Waals surface area contributed by atoms with E-state index in [1.807, 2.05) is 0 Å². The van der Waals surface area contributed by atoms with Crippen LogP contribution in [0.5, 0.6) is 0 Å². The highest BCUT2D eigenvalue weighted by atomic mass is 35.5. The van der Waals surface area contributed by atoms with Gasteiger partial charge in [0.2, 0.25) is 0 Å². The van der Waals surface area contributed by atoms with Crippen LogP contribution in [-0.4, -0.2) is 32.3 Å². The Balaban J connectivity index is 1.58. The van der Waals surface area contributed by atoms with Crippen molar-refractivity contribution in [1.29, 1.82) is 0 Å². The van der Waals surface area contributed by atoms with E-state index < -0.39 is 29.1 Å². The average Bonchev–Trinajstić information content (AvgIpc) is 3.12. The van der Waals surface area contributed by atoms with Crippen molar-refractivity contribution in [2.24, 2.45) is 0 Å². The molecule has 1 atom stereocenters.